The van der Waals surface area contributed by atoms with Crippen LogP contribution in [0.4, 0.5) is 14.4 Å². The number of carbonyl (C=O) groups is 10. The summed E-state index contributed by atoms with van der Waals surface area (Å²) in [4.78, 5) is 130. The van der Waals surface area contributed by atoms with Crippen molar-refractivity contribution in [3.8, 4) is 0 Å². The third-order valence-corrected chi connectivity index (χ3v) is 22.3. The Labute approximate surface area is 701 Å². The molecule has 0 aliphatic carbocycles. The lowest BCUT2D eigenvalue weighted by Crippen LogP contribution is -2.49. The summed E-state index contributed by atoms with van der Waals surface area (Å²) >= 11 is 0. The second kappa shape index (κ2) is 54.0. The van der Waals surface area contributed by atoms with E-state index in [1.807, 2.05) is 109 Å². The largest absolute Gasteiger partial charge is 0.447 e. The molecule has 117 heavy (non-hydrogen) atoms. The molecule has 36 nitrogen and oxygen atoms in total. The van der Waals surface area contributed by atoms with Crippen LogP contribution in [-0.2, 0) is 85.7 Å². The molecule has 0 aromatic heterocycles. The van der Waals surface area contributed by atoms with Crippen molar-refractivity contribution < 1.29 is 110 Å². The number of allylic oxidation sites excluding steroid dienone is 1. The molecule has 0 aromatic rings. The van der Waals surface area contributed by atoms with E-state index in [1.54, 1.807) is 20.2 Å². The van der Waals surface area contributed by atoms with Crippen LogP contribution in [0.3, 0.4) is 0 Å². The van der Waals surface area contributed by atoms with Crippen molar-refractivity contribution in [2.75, 3.05) is 148 Å². The topological polar surface area (TPSA) is 408 Å². The van der Waals surface area contributed by atoms with Gasteiger partial charge in [0.15, 0.2) is 5.78 Å². The minimum absolute atomic E-state index is 0. The van der Waals surface area contributed by atoms with E-state index in [1.165, 1.54) is 22.8 Å². The molecule has 10 aliphatic rings. The van der Waals surface area contributed by atoms with Gasteiger partial charge in [0.1, 0.15) is 73.2 Å². The maximum atomic E-state index is 13.0. The summed E-state index contributed by atoms with van der Waals surface area (Å²) in [7, 11) is 13.8. The average Bonchev–Trinajstić information content (AvgIpc) is 1.67. The number of ether oxygens (including phenoxy) is 11. The fraction of sp³-hybridized carbons (Fsp3) is 0.850. The Bertz CT molecular complexity index is 3050. The van der Waals surface area contributed by atoms with E-state index < -0.39 is 54.3 Å². The van der Waals surface area contributed by atoms with Gasteiger partial charge in [-0.25, -0.2) is 29.1 Å². The molecule has 10 heterocycles. The van der Waals surface area contributed by atoms with Gasteiger partial charge < -0.3 is 88.9 Å². The zero-order valence-corrected chi connectivity index (χ0v) is 70.0. The fourth-order valence-electron chi connectivity index (χ4n) is 13.5. The number of nitrogens with one attached hydrogen (secondary N) is 6. The van der Waals surface area contributed by atoms with E-state index in [-0.39, 0.29) is 184 Å². The number of rotatable bonds is 27. The smallest absolute Gasteiger partial charge is 0.417 e. The zero-order chi connectivity index (χ0) is 82.7. The van der Waals surface area contributed by atoms with Gasteiger partial charge in [0.25, 0.3) is 11.8 Å². The molecule has 10 aliphatic heterocycles. The van der Waals surface area contributed by atoms with Crippen molar-refractivity contribution in [1.29, 1.82) is 0 Å². The molecular formula is C80H156N13O23P. The van der Waals surface area contributed by atoms with Crippen LogP contribution in [0.25, 0.3) is 0 Å². The predicted molar refractivity (Wildman–Crippen MR) is 450 cm³/mol. The number of cyclic esters (lactones) is 3. The highest BCUT2D eigenvalue weighted by Gasteiger charge is 2.48. The van der Waals surface area contributed by atoms with Crippen molar-refractivity contribution in [2.45, 2.75) is 300 Å². The number of hydrogen-bond acceptors (Lipinski definition) is 30. The Balaban J connectivity index is 0. The van der Waals surface area contributed by atoms with Gasteiger partial charge in [0.05, 0.1) is 77.6 Å². The SMILES string of the molecule is C.C.C.C.C.C.CC[C@H]1COC(=O)N1C(=O)CC[C@H]1COC(C)(C)N1C.CC[C@H]1COC(=O)N1C(=O)[C@@H](O)C[C@H]1COC(C)(C)N1C.CC[C@H]1COC(=O)N1C(=O)[C@H](C[C@H]1COC(C)(C)N1C)OCCNP.CN1[C@@H](C[C@@H]2OCCNC2=O)COC1(C)C.CN[C@H](/C=C/C(C)=O)C[C@@H]1OCCNC1=O.CN[C@H](CO)C[C@@H]1OCCNC1=O. The lowest BCUT2D eigenvalue weighted by atomic mass is 10.1. The van der Waals surface area contributed by atoms with Gasteiger partial charge in [-0.3, -0.25) is 58.2 Å². The van der Waals surface area contributed by atoms with Gasteiger partial charge in [-0.15, -0.1) is 0 Å². The molecule has 684 valence electrons. The second-order valence-electron chi connectivity index (χ2n) is 30.7. The van der Waals surface area contributed by atoms with Crippen molar-refractivity contribution in [1.82, 2.24) is 66.0 Å². The van der Waals surface area contributed by atoms with Gasteiger partial charge >= 0.3 is 18.3 Å². The number of likely N-dealkylation sites (N-methyl/N-ethyl adjacent to an activating group) is 6. The minimum atomic E-state index is -1.23. The monoisotopic (exact) mass is 1700 g/mol. The maximum absolute atomic E-state index is 13.0. The second-order valence-corrected chi connectivity index (χ2v) is 31.1. The number of morpholine rings is 3. The zero-order valence-electron chi connectivity index (χ0n) is 68.8. The quantitative estimate of drug-likeness (QED) is 0.0232. The van der Waals surface area contributed by atoms with E-state index in [0.717, 1.165) is 11.3 Å². The number of hydrogen-bond donors (Lipinski definition) is 8. The van der Waals surface area contributed by atoms with Crippen molar-refractivity contribution in [2.24, 2.45) is 0 Å². The number of carbonyl (C=O) groups excluding carboxylic acids is 10. The van der Waals surface area contributed by atoms with Gasteiger partial charge in [-0.2, -0.15) is 0 Å². The van der Waals surface area contributed by atoms with Crippen LogP contribution in [0.1, 0.15) is 192 Å². The Kier molecular flexibility index (Phi) is 52.4. The molecule has 10 rings (SSSR count). The summed E-state index contributed by atoms with van der Waals surface area (Å²) in [5.41, 5.74) is -1.31. The van der Waals surface area contributed by atoms with Gasteiger partial charge in [-0.05, 0) is 136 Å². The van der Waals surface area contributed by atoms with Crippen LogP contribution in [0, 0.1) is 0 Å². The summed E-state index contributed by atoms with van der Waals surface area (Å²) in [6.45, 7) is 30.7. The molecule has 37 heteroatoms. The van der Waals surface area contributed by atoms with E-state index in [0.29, 0.717) is 137 Å². The predicted octanol–water partition coefficient (Wildman–Crippen LogP) is 4.99. The minimum Gasteiger partial charge on any atom is -0.447 e. The van der Waals surface area contributed by atoms with Crippen LogP contribution < -0.4 is 31.7 Å². The Morgan fingerprint density at radius 1 is 0.530 bits per heavy atom. The first-order valence-corrected chi connectivity index (χ1v) is 39.5. The average molecular weight is 1700 g/mol. The molecule has 10 fully saturated rings. The van der Waals surface area contributed by atoms with Crippen LogP contribution >= 0.6 is 9.39 Å². The molecule has 10 saturated heterocycles. The number of nitrogens with zero attached hydrogens (tertiary/aromatic N) is 7. The molecule has 9 amide bonds. The van der Waals surface area contributed by atoms with E-state index in [2.05, 4.69) is 55.8 Å². The molecular weight excluding hydrogens is 1540 g/mol. The number of ketones is 1. The van der Waals surface area contributed by atoms with Gasteiger partial charge in [0.2, 0.25) is 23.6 Å². The Hall–Kier alpha value is -5.61. The Morgan fingerprint density at radius 2 is 0.915 bits per heavy atom. The first-order valence-electron chi connectivity index (χ1n) is 38.9. The summed E-state index contributed by atoms with van der Waals surface area (Å²) in [5.74, 6) is -1.21. The van der Waals surface area contributed by atoms with Crippen LogP contribution in [-0.4, -0.2) is 360 Å². The number of imide groups is 3. The Morgan fingerprint density at radius 3 is 1.29 bits per heavy atom. The highest BCUT2D eigenvalue weighted by atomic mass is 31.0. The fourth-order valence-corrected chi connectivity index (χ4v) is 13.6. The molecule has 0 spiro atoms. The third-order valence-electron chi connectivity index (χ3n) is 22.0. The first kappa shape index (κ1) is 113. The standard InChI is InChI=1S/C16H30N3O5P.C14H24N2O5.C14H24N2O4.C11H20N2O3.C11H18N2O3.C8H16N2O3.6CH4/c1-5-11-9-23-15(21)19(11)14(20)13(22-7-6-17-25)8-12-10-24-16(2,3)18(12)4;1-5-9-7-20-13(19)16(9)12(18)11(17)6-10-8-21-14(2,3)15(10)4;1-5-10-8-19-13(18)16(10)12(17)7-6-11-9-20-14(2,3)15(11)4;1-11(2)13(3)8(7-16-11)6-9-10(14)12-4-5-15-9;1-8(14)3-4-9(12-2)7-10-11(15)13-5-6-16-10;1-9-6(5-11)4-7-8(12)10-2-3-13-7;;;;;;/h11-13,17H,5-10,25H2,1-4H3;9-11,17H,5-8H2,1-4H3;10-11H,5-9H2,1-4H3;8-9H,4-7H2,1-3H3,(H,12,14);3-4,9-10,12H,5-7H2,1-2H3,(H,13,15);6-7,9,11H,2-5H2,1H3,(H,10,12);6*1H4/b;;;;4-3+;;;;;;;/t11-,12-,13-;9-,10-,11-;10-,11-;8-,9-;9-,10+;6-,7-;;;;;;/m000010....../s1. The van der Waals surface area contributed by atoms with E-state index >= 15 is 0 Å². The van der Waals surface area contributed by atoms with Gasteiger partial charge in [-0.1, -0.05) is 80.8 Å². The molecule has 15 atom stereocenters. The summed E-state index contributed by atoms with van der Waals surface area (Å²) in [6.07, 6.45) is 3.92. The van der Waals surface area contributed by atoms with E-state index in [4.69, 9.17) is 57.2 Å². The number of amides is 9. The van der Waals surface area contributed by atoms with Crippen LogP contribution in [0.15, 0.2) is 12.2 Å². The normalized spacial score (nSPS) is 27.2. The van der Waals surface area contributed by atoms with Crippen molar-refractivity contribution in [3.05, 3.63) is 12.2 Å². The highest BCUT2D eigenvalue weighted by Crippen LogP contribution is 2.33. The van der Waals surface area contributed by atoms with Crippen LogP contribution in [0.5, 0.6) is 0 Å². The number of aliphatic hydroxyl groups excluding tert-OH is 2. The lowest BCUT2D eigenvalue weighted by Gasteiger charge is -2.32. The molecule has 0 aromatic carbocycles. The van der Waals surface area contributed by atoms with Crippen molar-refractivity contribution in [3.63, 3.8) is 0 Å². The summed E-state index contributed by atoms with van der Waals surface area (Å²) in [6, 6.07) is -0.259. The van der Waals surface area contributed by atoms with Gasteiger partial charge in [0, 0.05) is 101 Å². The summed E-state index contributed by atoms with van der Waals surface area (Å²) in [5, 5.41) is 36.2. The summed E-state index contributed by atoms with van der Waals surface area (Å²) < 4.78 is 59.6. The number of aliphatic hydroxyl groups is 2. The molecule has 1 unspecified atom stereocenters. The lowest BCUT2D eigenvalue weighted by molar-refractivity contribution is -0.143. The van der Waals surface area contributed by atoms with E-state index in [9.17, 15) is 53.1 Å². The molecule has 0 bridgehead atoms. The molecule has 0 saturated carbocycles. The van der Waals surface area contributed by atoms with Crippen molar-refractivity contribution >= 4 is 68.9 Å². The first-order chi connectivity index (χ1) is 52.4. The molecule has 8 N–H and O–H groups in total. The highest BCUT2D eigenvalue weighted by molar-refractivity contribution is 7.13. The third kappa shape index (κ3) is 33.3. The van der Waals surface area contributed by atoms with Crippen LogP contribution in [0.2, 0.25) is 0 Å². The molecule has 0 radical (unpaired) electrons. The maximum Gasteiger partial charge on any atom is 0.417 e.